The molecule has 0 spiro atoms. The van der Waals surface area contributed by atoms with Crippen molar-refractivity contribution in [3.63, 3.8) is 0 Å². The number of hydrogen-bond donors (Lipinski definition) is 1. The second kappa shape index (κ2) is 5.30. The van der Waals surface area contributed by atoms with E-state index in [9.17, 15) is 0 Å². The summed E-state index contributed by atoms with van der Waals surface area (Å²) in [4.78, 5) is 6.12. The molecule has 106 valence electrons. The van der Waals surface area contributed by atoms with Crippen LogP contribution < -0.4 is 5.32 Å². The summed E-state index contributed by atoms with van der Waals surface area (Å²) in [5.74, 6) is 0. The van der Waals surface area contributed by atoms with Gasteiger partial charge in [-0.15, -0.1) is 11.3 Å². The van der Waals surface area contributed by atoms with E-state index in [2.05, 4.69) is 51.2 Å². The summed E-state index contributed by atoms with van der Waals surface area (Å²) < 4.78 is 0. The van der Waals surface area contributed by atoms with Gasteiger partial charge in [0, 0.05) is 10.9 Å². The molecule has 1 aliphatic carbocycles. The SMILES string of the molecule is Cc1cccc(C(NC2CC2)c2nc(C)c(C)s2)c1C. The summed E-state index contributed by atoms with van der Waals surface area (Å²) in [5.41, 5.74) is 5.29. The van der Waals surface area contributed by atoms with E-state index in [1.807, 2.05) is 11.3 Å². The van der Waals surface area contributed by atoms with Crippen LogP contribution in [0.4, 0.5) is 0 Å². The lowest BCUT2D eigenvalue weighted by Crippen LogP contribution is -2.25. The van der Waals surface area contributed by atoms with E-state index in [1.54, 1.807) is 0 Å². The molecule has 1 saturated carbocycles. The van der Waals surface area contributed by atoms with Crippen LogP contribution in [-0.2, 0) is 0 Å². The Kier molecular flexibility index (Phi) is 3.65. The molecule has 1 aliphatic rings. The minimum absolute atomic E-state index is 0.250. The molecule has 1 aromatic heterocycles. The molecule has 0 radical (unpaired) electrons. The highest BCUT2D eigenvalue weighted by molar-refractivity contribution is 7.11. The van der Waals surface area contributed by atoms with Gasteiger partial charge in [-0.2, -0.15) is 0 Å². The lowest BCUT2D eigenvalue weighted by atomic mass is 9.97. The number of nitrogens with one attached hydrogen (secondary N) is 1. The largest absolute Gasteiger partial charge is 0.301 e. The summed E-state index contributed by atoms with van der Waals surface area (Å²) in [7, 11) is 0. The molecule has 3 rings (SSSR count). The van der Waals surface area contributed by atoms with Crippen LogP contribution >= 0.6 is 11.3 Å². The van der Waals surface area contributed by atoms with Crippen LogP contribution in [0, 0.1) is 27.7 Å². The molecule has 0 bridgehead atoms. The van der Waals surface area contributed by atoms with Gasteiger partial charge in [0.05, 0.1) is 11.7 Å². The maximum Gasteiger partial charge on any atom is 0.115 e. The molecule has 0 saturated heterocycles. The Balaban J connectivity index is 2.02. The molecular formula is C17H22N2S. The van der Waals surface area contributed by atoms with Gasteiger partial charge in [0.1, 0.15) is 5.01 Å². The van der Waals surface area contributed by atoms with E-state index in [1.165, 1.54) is 39.4 Å². The average molecular weight is 286 g/mol. The number of nitrogens with zero attached hydrogens (tertiary/aromatic N) is 1. The van der Waals surface area contributed by atoms with E-state index < -0.39 is 0 Å². The molecule has 20 heavy (non-hydrogen) atoms. The highest BCUT2D eigenvalue weighted by atomic mass is 32.1. The fourth-order valence-electron chi connectivity index (χ4n) is 2.49. The van der Waals surface area contributed by atoms with Crippen LogP contribution in [0.15, 0.2) is 18.2 Å². The average Bonchev–Trinajstić information content (AvgIpc) is 3.17. The van der Waals surface area contributed by atoms with Crippen molar-refractivity contribution in [3.8, 4) is 0 Å². The molecule has 0 aliphatic heterocycles. The highest BCUT2D eigenvalue weighted by Gasteiger charge is 2.29. The first kappa shape index (κ1) is 13.8. The maximum absolute atomic E-state index is 4.79. The van der Waals surface area contributed by atoms with Crippen LogP contribution in [0.2, 0.25) is 0 Å². The van der Waals surface area contributed by atoms with Gasteiger partial charge in [0.25, 0.3) is 0 Å². The molecule has 1 aromatic carbocycles. The van der Waals surface area contributed by atoms with Crippen LogP contribution in [0.25, 0.3) is 0 Å². The van der Waals surface area contributed by atoms with Crippen molar-refractivity contribution in [2.45, 2.75) is 52.6 Å². The molecule has 0 amide bonds. The van der Waals surface area contributed by atoms with Crippen LogP contribution in [0.3, 0.4) is 0 Å². The molecule has 2 aromatic rings. The molecule has 1 fully saturated rings. The quantitative estimate of drug-likeness (QED) is 0.910. The first-order valence-electron chi connectivity index (χ1n) is 7.32. The van der Waals surface area contributed by atoms with Gasteiger partial charge in [-0.05, 0) is 57.2 Å². The van der Waals surface area contributed by atoms with Gasteiger partial charge in [-0.1, -0.05) is 18.2 Å². The number of benzene rings is 1. The standard InChI is InChI=1S/C17H22N2S/c1-10-6-5-7-15(11(10)2)16(19-14-8-9-14)17-18-12(3)13(4)20-17/h5-7,14,16,19H,8-9H2,1-4H3. The Morgan fingerprint density at radius 2 is 1.95 bits per heavy atom. The van der Waals surface area contributed by atoms with Crippen molar-refractivity contribution in [1.82, 2.24) is 10.3 Å². The maximum atomic E-state index is 4.79. The molecule has 1 unspecified atom stereocenters. The minimum Gasteiger partial charge on any atom is -0.301 e. The number of thiazole rings is 1. The van der Waals surface area contributed by atoms with E-state index in [4.69, 9.17) is 4.98 Å². The highest BCUT2D eigenvalue weighted by Crippen LogP contribution is 2.33. The third kappa shape index (κ3) is 2.65. The molecule has 3 heteroatoms. The third-order valence-electron chi connectivity index (χ3n) is 4.23. The van der Waals surface area contributed by atoms with Gasteiger partial charge >= 0.3 is 0 Å². The van der Waals surface area contributed by atoms with Crippen molar-refractivity contribution < 1.29 is 0 Å². The van der Waals surface area contributed by atoms with E-state index in [-0.39, 0.29) is 6.04 Å². The Morgan fingerprint density at radius 1 is 1.20 bits per heavy atom. The number of aryl methyl sites for hydroxylation is 3. The monoisotopic (exact) mass is 286 g/mol. The van der Waals surface area contributed by atoms with Crippen LogP contribution in [0.1, 0.15) is 51.2 Å². The second-order valence-electron chi connectivity index (χ2n) is 5.86. The van der Waals surface area contributed by atoms with Crippen molar-refractivity contribution in [2.24, 2.45) is 0 Å². The fraction of sp³-hybridized carbons (Fsp3) is 0.471. The molecule has 2 nitrogen and oxygen atoms in total. The second-order valence-corrected chi connectivity index (χ2v) is 7.09. The summed E-state index contributed by atoms with van der Waals surface area (Å²) in [6, 6.07) is 7.51. The zero-order chi connectivity index (χ0) is 14.3. The minimum atomic E-state index is 0.250. The number of rotatable bonds is 4. The Hall–Kier alpha value is -1.19. The van der Waals surface area contributed by atoms with Gasteiger partial charge in [0.2, 0.25) is 0 Å². The number of hydrogen-bond acceptors (Lipinski definition) is 3. The lowest BCUT2D eigenvalue weighted by molar-refractivity contribution is 0.594. The predicted molar refractivity (Wildman–Crippen MR) is 85.5 cm³/mol. The Bertz CT molecular complexity index is 606. The van der Waals surface area contributed by atoms with Crippen LogP contribution in [-0.4, -0.2) is 11.0 Å². The number of aromatic nitrogens is 1. The zero-order valence-electron chi connectivity index (χ0n) is 12.7. The Labute approximate surface area is 125 Å². The normalized spacial score (nSPS) is 16.4. The van der Waals surface area contributed by atoms with Crippen molar-refractivity contribution in [1.29, 1.82) is 0 Å². The zero-order valence-corrected chi connectivity index (χ0v) is 13.5. The van der Waals surface area contributed by atoms with E-state index >= 15 is 0 Å². The summed E-state index contributed by atoms with van der Waals surface area (Å²) in [6.45, 7) is 8.67. The van der Waals surface area contributed by atoms with Crippen LogP contribution in [0.5, 0.6) is 0 Å². The Morgan fingerprint density at radius 3 is 2.55 bits per heavy atom. The summed E-state index contributed by atoms with van der Waals surface area (Å²) in [6.07, 6.45) is 2.59. The first-order chi connectivity index (χ1) is 9.56. The van der Waals surface area contributed by atoms with Gasteiger partial charge in [0.15, 0.2) is 0 Å². The predicted octanol–water partition coefficient (Wildman–Crippen LogP) is 4.22. The fourth-order valence-corrected chi connectivity index (χ4v) is 3.49. The van der Waals surface area contributed by atoms with E-state index in [0.717, 1.165) is 5.69 Å². The first-order valence-corrected chi connectivity index (χ1v) is 8.14. The van der Waals surface area contributed by atoms with Gasteiger partial charge < -0.3 is 5.32 Å². The van der Waals surface area contributed by atoms with E-state index in [0.29, 0.717) is 6.04 Å². The van der Waals surface area contributed by atoms with Gasteiger partial charge in [-0.3, -0.25) is 0 Å². The lowest BCUT2D eigenvalue weighted by Gasteiger charge is -2.20. The van der Waals surface area contributed by atoms with Crippen molar-refractivity contribution in [3.05, 3.63) is 50.5 Å². The molecule has 1 atom stereocenters. The van der Waals surface area contributed by atoms with Gasteiger partial charge in [-0.25, -0.2) is 4.98 Å². The summed E-state index contributed by atoms with van der Waals surface area (Å²) in [5, 5.41) is 4.99. The molecule has 1 heterocycles. The molecular weight excluding hydrogens is 264 g/mol. The van der Waals surface area contributed by atoms with Crippen molar-refractivity contribution in [2.75, 3.05) is 0 Å². The molecule has 1 N–H and O–H groups in total. The topological polar surface area (TPSA) is 24.9 Å². The smallest absolute Gasteiger partial charge is 0.115 e. The third-order valence-corrected chi connectivity index (χ3v) is 5.37. The summed E-state index contributed by atoms with van der Waals surface area (Å²) >= 11 is 1.83. The van der Waals surface area contributed by atoms with Crippen molar-refractivity contribution >= 4 is 11.3 Å².